The molecule has 0 saturated carbocycles. The fourth-order valence-corrected chi connectivity index (χ4v) is 5.75. The molecule has 0 unspecified atom stereocenters. The second-order valence-electron chi connectivity index (χ2n) is 10.9. The van der Waals surface area contributed by atoms with Gasteiger partial charge in [0, 0.05) is 38.3 Å². The highest BCUT2D eigenvalue weighted by atomic mass is 19.3. The zero-order valence-corrected chi connectivity index (χ0v) is 24.1. The van der Waals surface area contributed by atoms with E-state index in [4.69, 9.17) is 14.7 Å². The number of piperidine rings is 1. The molecule has 0 radical (unpaired) electrons. The third-order valence-electron chi connectivity index (χ3n) is 8.11. The van der Waals surface area contributed by atoms with Gasteiger partial charge in [0.15, 0.2) is 5.82 Å². The number of aromatic nitrogens is 4. The van der Waals surface area contributed by atoms with Gasteiger partial charge in [-0.25, -0.2) is 13.8 Å². The summed E-state index contributed by atoms with van der Waals surface area (Å²) in [6, 6.07) is 18.5. The van der Waals surface area contributed by atoms with Gasteiger partial charge in [0.05, 0.1) is 30.3 Å². The number of para-hydroxylation sites is 2. The van der Waals surface area contributed by atoms with Crippen LogP contribution in [0.15, 0.2) is 60.7 Å². The third-order valence-corrected chi connectivity index (χ3v) is 8.11. The lowest BCUT2D eigenvalue weighted by Crippen LogP contribution is -2.51. The van der Waals surface area contributed by atoms with Gasteiger partial charge in [-0.2, -0.15) is 9.97 Å². The fraction of sp³-hybridized carbons (Fsp3) is 0.419. The van der Waals surface area contributed by atoms with Crippen molar-refractivity contribution >= 4 is 28.7 Å². The van der Waals surface area contributed by atoms with Crippen molar-refractivity contribution in [3.63, 3.8) is 0 Å². The Morgan fingerprint density at radius 2 is 1.63 bits per heavy atom. The van der Waals surface area contributed by atoms with Gasteiger partial charge in [-0.1, -0.05) is 42.5 Å². The molecule has 4 aromatic rings. The van der Waals surface area contributed by atoms with E-state index in [1.165, 1.54) is 4.57 Å². The van der Waals surface area contributed by atoms with E-state index < -0.39 is 6.43 Å². The molecule has 0 bridgehead atoms. The summed E-state index contributed by atoms with van der Waals surface area (Å²) in [7, 11) is 1.80. The van der Waals surface area contributed by atoms with Crippen molar-refractivity contribution in [3.05, 3.63) is 72.1 Å². The predicted molar refractivity (Wildman–Crippen MR) is 161 cm³/mol. The van der Waals surface area contributed by atoms with Gasteiger partial charge in [-0.15, -0.1) is 0 Å². The van der Waals surface area contributed by atoms with Crippen LogP contribution in [0, 0.1) is 0 Å². The van der Waals surface area contributed by atoms with E-state index in [2.05, 4.69) is 25.4 Å². The SMILES string of the molecule is CN[C@H](Cc1ccccc1)C(=O)NC1CCN(c2nc(N3CCOCC3)cc(-n3c(C(F)F)nc4ccccc43)n2)CC1. The van der Waals surface area contributed by atoms with E-state index in [1.54, 1.807) is 37.4 Å². The third kappa shape index (κ3) is 6.45. The quantitative estimate of drug-likeness (QED) is 0.306. The van der Waals surface area contributed by atoms with Crippen LogP contribution in [0.3, 0.4) is 0 Å². The van der Waals surface area contributed by atoms with Crippen molar-refractivity contribution in [2.24, 2.45) is 0 Å². The van der Waals surface area contributed by atoms with Gasteiger partial charge in [0.25, 0.3) is 6.43 Å². The minimum atomic E-state index is -2.78. The van der Waals surface area contributed by atoms with Crippen LogP contribution in [0.5, 0.6) is 0 Å². The molecule has 2 aliphatic rings. The molecule has 2 aromatic heterocycles. The van der Waals surface area contributed by atoms with Crippen molar-refractivity contribution in [3.8, 4) is 5.82 Å². The summed E-state index contributed by atoms with van der Waals surface area (Å²) in [6.07, 6.45) is -0.745. The normalized spacial score (nSPS) is 17.0. The van der Waals surface area contributed by atoms with Crippen LogP contribution >= 0.6 is 0 Å². The Bertz CT molecular complexity index is 1540. The Kier molecular flexibility index (Phi) is 8.75. The monoisotopic (exact) mass is 590 g/mol. The van der Waals surface area contributed by atoms with Crippen molar-refractivity contribution in [2.45, 2.75) is 37.8 Å². The van der Waals surface area contributed by atoms with Crippen LogP contribution in [0.4, 0.5) is 20.5 Å². The largest absolute Gasteiger partial charge is 0.378 e. The van der Waals surface area contributed by atoms with E-state index >= 15 is 0 Å². The van der Waals surface area contributed by atoms with Gasteiger partial charge >= 0.3 is 0 Å². The summed E-state index contributed by atoms with van der Waals surface area (Å²) in [5, 5.41) is 6.35. The average Bonchev–Trinajstić information content (AvgIpc) is 3.45. The van der Waals surface area contributed by atoms with E-state index in [-0.39, 0.29) is 23.8 Å². The minimum absolute atomic E-state index is 0.0142. The minimum Gasteiger partial charge on any atom is -0.378 e. The number of benzene rings is 2. The number of morpholine rings is 1. The van der Waals surface area contributed by atoms with Gasteiger partial charge in [-0.3, -0.25) is 9.36 Å². The lowest BCUT2D eigenvalue weighted by atomic mass is 10.0. The molecule has 2 fully saturated rings. The van der Waals surface area contributed by atoms with Gasteiger partial charge in [-0.05, 0) is 44.0 Å². The molecule has 12 heteroatoms. The molecular weight excluding hydrogens is 554 g/mol. The maximum Gasteiger partial charge on any atom is 0.296 e. The second-order valence-corrected chi connectivity index (χ2v) is 10.9. The van der Waals surface area contributed by atoms with Crippen LogP contribution in [0.1, 0.15) is 30.7 Å². The molecule has 10 nitrogen and oxygen atoms in total. The summed E-state index contributed by atoms with van der Waals surface area (Å²) >= 11 is 0. The Balaban J connectivity index is 1.22. The molecule has 43 heavy (non-hydrogen) atoms. The topological polar surface area (TPSA) is 100 Å². The van der Waals surface area contributed by atoms with Crippen LogP contribution in [-0.4, -0.2) is 84.0 Å². The first kappa shape index (κ1) is 28.9. The Morgan fingerprint density at radius 3 is 2.35 bits per heavy atom. The number of ether oxygens (including phenoxy) is 1. The second kappa shape index (κ2) is 13.0. The number of rotatable bonds is 9. The van der Waals surface area contributed by atoms with E-state index in [0.717, 1.165) is 5.56 Å². The molecule has 2 saturated heterocycles. The number of anilines is 2. The van der Waals surface area contributed by atoms with Crippen LogP contribution in [-0.2, 0) is 16.0 Å². The average molecular weight is 591 g/mol. The maximum atomic E-state index is 14.2. The number of amides is 1. The number of hydrogen-bond donors (Lipinski definition) is 2. The highest BCUT2D eigenvalue weighted by Crippen LogP contribution is 2.30. The van der Waals surface area contributed by atoms with E-state index in [1.807, 2.05) is 30.3 Å². The molecule has 0 spiro atoms. The zero-order valence-electron chi connectivity index (χ0n) is 24.1. The molecule has 1 atom stereocenters. The number of alkyl halides is 2. The van der Waals surface area contributed by atoms with Crippen molar-refractivity contribution < 1.29 is 18.3 Å². The van der Waals surface area contributed by atoms with Gasteiger partial charge in [0.1, 0.15) is 11.6 Å². The van der Waals surface area contributed by atoms with E-state index in [9.17, 15) is 13.6 Å². The lowest BCUT2D eigenvalue weighted by molar-refractivity contribution is -0.123. The Labute approximate surface area is 249 Å². The highest BCUT2D eigenvalue weighted by Gasteiger charge is 2.28. The molecule has 6 rings (SSSR count). The molecule has 1 amide bonds. The van der Waals surface area contributed by atoms with Crippen LogP contribution < -0.4 is 20.4 Å². The number of likely N-dealkylation sites (N-methyl/N-ethyl adjacent to an activating group) is 1. The Morgan fingerprint density at radius 1 is 0.930 bits per heavy atom. The number of nitrogens with one attached hydrogen (secondary N) is 2. The highest BCUT2D eigenvalue weighted by molar-refractivity contribution is 5.82. The molecule has 0 aliphatic carbocycles. The molecular formula is C31H36F2N8O2. The first-order valence-corrected chi connectivity index (χ1v) is 14.7. The number of carbonyl (C=O) groups is 1. The molecule has 226 valence electrons. The standard InChI is InChI=1S/C31H36F2N8O2/c1-34-24(19-21-7-3-2-4-8-21)30(42)35-22-11-13-40(14-12-22)31-37-26(39-15-17-43-18-16-39)20-27(38-31)41-25-10-6-5-9-23(25)36-29(41)28(32)33/h2-10,20,22,24,28,34H,11-19H2,1H3,(H,35,42)/t24-/m1/s1. The maximum absolute atomic E-state index is 14.2. The number of fused-ring (bicyclic) bond motifs is 1. The van der Waals surface area contributed by atoms with Crippen molar-refractivity contribution in [1.29, 1.82) is 0 Å². The first-order chi connectivity index (χ1) is 21.0. The zero-order chi connectivity index (χ0) is 29.8. The van der Waals surface area contributed by atoms with Gasteiger partial charge in [0.2, 0.25) is 11.9 Å². The van der Waals surface area contributed by atoms with Crippen molar-refractivity contribution in [1.82, 2.24) is 30.2 Å². The molecule has 4 heterocycles. The van der Waals surface area contributed by atoms with Crippen LogP contribution in [0.25, 0.3) is 16.9 Å². The summed E-state index contributed by atoms with van der Waals surface area (Å²) in [4.78, 5) is 31.2. The van der Waals surface area contributed by atoms with Crippen molar-refractivity contribution in [2.75, 3.05) is 56.2 Å². The molecule has 2 N–H and O–H groups in total. The Hall–Kier alpha value is -4.16. The molecule has 2 aliphatic heterocycles. The number of nitrogens with zero attached hydrogens (tertiary/aromatic N) is 6. The smallest absolute Gasteiger partial charge is 0.296 e. The summed E-state index contributed by atoms with van der Waals surface area (Å²) < 4.78 is 35.4. The van der Waals surface area contributed by atoms with Gasteiger partial charge < -0.3 is 25.2 Å². The van der Waals surface area contributed by atoms with E-state index in [0.29, 0.717) is 87.3 Å². The number of imidazole rings is 1. The summed E-state index contributed by atoms with van der Waals surface area (Å²) in [5.74, 6) is 1.11. The number of hydrogen-bond acceptors (Lipinski definition) is 8. The summed E-state index contributed by atoms with van der Waals surface area (Å²) in [5.41, 5.74) is 2.14. The lowest BCUT2D eigenvalue weighted by Gasteiger charge is -2.34. The molecule has 2 aromatic carbocycles. The summed E-state index contributed by atoms with van der Waals surface area (Å²) in [6.45, 7) is 3.65. The van der Waals surface area contributed by atoms with Crippen LogP contribution in [0.2, 0.25) is 0 Å². The predicted octanol–water partition coefficient (Wildman–Crippen LogP) is 3.51. The first-order valence-electron chi connectivity index (χ1n) is 14.7. The fourth-order valence-electron chi connectivity index (χ4n) is 5.75. The number of carbonyl (C=O) groups excluding carboxylic acids is 1. The number of halogens is 2.